The van der Waals surface area contributed by atoms with E-state index in [1.165, 1.54) is 94.5 Å². The lowest BCUT2D eigenvalue weighted by Crippen LogP contribution is -2.30. The topological polar surface area (TPSA) is 11.4 Å². The van der Waals surface area contributed by atoms with Crippen LogP contribution in [0, 0.1) is 20.8 Å². The molecule has 67 heavy (non-hydrogen) atoms. The molecule has 0 spiro atoms. The van der Waals surface area contributed by atoms with Crippen molar-refractivity contribution in [2.75, 3.05) is 9.80 Å². The Hall–Kier alpha value is -7.88. The summed E-state index contributed by atoms with van der Waals surface area (Å²) in [5, 5.41) is 2.50. The van der Waals surface area contributed by atoms with Gasteiger partial charge in [0.05, 0.1) is 17.1 Å². The van der Waals surface area contributed by atoms with Crippen molar-refractivity contribution in [3.8, 4) is 22.3 Å². The quantitative estimate of drug-likeness (QED) is 0.136. The molecule has 1 heterocycles. The summed E-state index contributed by atoms with van der Waals surface area (Å²) < 4.78 is 2.53. The van der Waals surface area contributed by atoms with Crippen molar-refractivity contribution in [2.24, 2.45) is 0 Å². The number of nitrogens with zero attached hydrogens (tertiary/aromatic N) is 3. The van der Waals surface area contributed by atoms with Crippen molar-refractivity contribution in [1.29, 1.82) is 0 Å². The Balaban J connectivity index is 1.05. The zero-order chi connectivity index (χ0) is 45.4. The van der Waals surface area contributed by atoms with Crippen LogP contribution in [0.5, 0.6) is 0 Å². The molecule has 0 saturated heterocycles. The van der Waals surface area contributed by atoms with Gasteiger partial charge in [0, 0.05) is 44.9 Å². The molecule has 326 valence electrons. The highest BCUT2D eigenvalue weighted by molar-refractivity contribution is 6.13. The van der Waals surface area contributed by atoms with Gasteiger partial charge < -0.3 is 14.4 Å². The molecule has 2 aliphatic rings. The van der Waals surface area contributed by atoms with Gasteiger partial charge in [0.25, 0.3) is 0 Å². The first-order chi connectivity index (χ1) is 32.8. The van der Waals surface area contributed by atoms with Gasteiger partial charge in [0.15, 0.2) is 0 Å². The number of allylic oxidation sites excluding steroid dienone is 6. The summed E-state index contributed by atoms with van der Waals surface area (Å²) in [5.74, 6) is 0. The van der Waals surface area contributed by atoms with Crippen molar-refractivity contribution >= 4 is 61.5 Å². The van der Waals surface area contributed by atoms with E-state index in [4.69, 9.17) is 0 Å². The molecule has 0 saturated carbocycles. The van der Waals surface area contributed by atoms with E-state index in [2.05, 4.69) is 260 Å². The molecule has 8 aromatic carbocycles. The molecule has 2 aliphatic carbocycles. The minimum Gasteiger partial charge on any atom is -0.334 e. The Morgan fingerprint density at radius 1 is 0.448 bits per heavy atom. The fraction of sp³-hybridized carbons (Fsp3) is 0.125. The van der Waals surface area contributed by atoms with E-state index in [9.17, 15) is 0 Å². The van der Waals surface area contributed by atoms with Gasteiger partial charge in [-0.1, -0.05) is 150 Å². The van der Waals surface area contributed by atoms with Gasteiger partial charge in [-0.05, 0) is 171 Å². The molecule has 0 N–H and O–H groups in total. The number of anilines is 5. The maximum absolute atomic E-state index is 2.53. The van der Waals surface area contributed by atoms with Gasteiger partial charge in [0.1, 0.15) is 0 Å². The van der Waals surface area contributed by atoms with Crippen molar-refractivity contribution in [2.45, 2.75) is 53.0 Å². The van der Waals surface area contributed by atoms with Gasteiger partial charge in [0.2, 0.25) is 0 Å². The Morgan fingerprint density at radius 3 is 1.54 bits per heavy atom. The predicted molar refractivity (Wildman–Crippen MR) is 287 cm³/mol. The molecule has 0 aliphatic heterocycles. The smallest absolute Gasteiger partial charge is 0.0560 e. The number of benzene rings is 8. The number of hydrogen-bond acceptors (Lipinski definition) is 2. The Bertz CT molecular complexity index is 3350. The largest absolute Gasteiger partial charge is 0.334 e. The van der Waals surface area contributed by atoms with Crippen molar-refractivity contribution in [3.05, 3.63) is 246 Å². The van der Waals surface area contributed by atoms with Crippen LogP contribution in [0.3, 0.4) is 0 Å². The summed E-state index contributed by atoms with van der Waals surface area (Å²) in [5.41, 5.74) is 21.9. The molecular weight excluding hydrogens is 811 g/mol. The molecular formula is C64H55N3. The molecule has 1 atom stereocenters. The molecule has 1 unspecified atom stereocenters. The summed E-state index contributed by atoms with van der Waals surface area (Å²) in [4.78, 5) is 4.86. The maximum Gasteiger partial charge on any atom is 0.0560 e. The molecule has 0 amide bonds. The van der Waals surface area contributed by atoms with Crippen molar-refractivity contribution < 1.29 is 0 Å². The van der Waals surface area contributed by atoms with Crippen molar-refractivity contribution in [3.63, 3.8) is 0 Å². The minimum absolute atomic E-state index is 0.221. The molecule has 0 bridgehead atoms. The summed E-state index contributed by atoms with van der Waals surface area (Å²) in [6.07, 6.45) is 14.7. The lowest BCUT2D eigenvalue weighted by atomic mass is 9.97. The van der Waals surface area contributed by atoms with Crippen LogP contribution >= 0.6 is 0 Å². The van der Waals surface area contributed by atoms with Crippen LogP contribution in [0.2, 0.25) is 0 Å². The van der Waals surface area contributed by atoms with Crippen LogP contribution in [0.15, 0.2) is 224 Å². The second-order valence-corrected chi connectivity index (χ2v) is 18.4. The number of fused-ring (bicyclic) bond motifs is 3. The first kappa shape index (κ1) is 41.8. The van der Waals surface area contributed by atoms with Crippen LogP contribution in [0.1, 0.15) is 48.4 Å². The van der Waals surface area contributed by atoms with E-state index in [-0.39, 0.29) is 6.04 Å². The van der Waals surface area contributed by atoms with Crippen molar-refractivity contribution in [1.82, 2.24) is 4.57 Å². The Kier molecular flexibility index (Phi) is 11.1. The molecule has 3 nitrogen and oxygen atoms in total. The highest BCUT2D eigenvalue weighted by Gasteiger charge is 2.22. The Labute approximate surface area is 395 Å². The highest BCUT2D eigenvalue weighted by atomic mass is 15.2. The first-order valence-electron chi connectivity index (χ1n) is 23.7. The summed E-state index contributed by atoms with van der Waals surface area (Å²) in [6.45, 7) is 8.64. The van der Waals surface area contributed by atoms with E-state index in [0.29, 0.717) is 0 Å². The second-order valence-electron chi connectivity index (χ2n) is 18.4. The third-order valence-electron chi connectivity index (χ3n) is 13.6. The van der Waals surface area contributed by atoms with E-state index >= 15 is 0 Å². The third-order valence-corrected chi connectivity index (χ3v) is 13.6. The lowest BCUT2D eigenvalue weighted by Gasteiger charge is -2.33. The number of hydrogen-bond donors (Lipinski definition) is 0. The molecule has 0 fully saturated rings. The zero-order valence-corrected chi connectivity index (χ0v) is 38.8. The molecule has 9 aromatic rings. The molecule has 3 heteroatoms. The SMILES string of the molecule is CC1=CCC(N(c2ccc(C)cc2)c2cccc(-c3ccc4c(c3)c3cc(-c5cccc(N(c6ccc(C)cc6)c6ccc(C)cc6)c5)ccc3n4C3=CC(c4ccccc4)=CCC3)c2)C=C1. The molecule has 11 rings (SSSR count). The standard InChI is InChI=1S/C64H55N3/c1-44-19-29-54(30-20-44)65(55-31-21-45(2)22-32-55)58-16-9-14-50(40-58)52-27-37-63-61(42-52)62-43-53(28-38-64(62)67(63)60-18-8-13-49(39-60)48-11-6-5-7-12-48)51-15-10-17-59(41-51)66(56-33-23-46(3)24-34-56)57-35-25-47(4)26-36-57/h5-7,9-17,19-35,37-43,57H,8,18,36H2,1-4H3. The monoisotopic (exact) mass is 865 g/mol. The zero-order valence-electron chi connectivity index (χ0n) is 38.8. The second kappa shape index (κ2) is 17.8. The number of rotatable bonds is 10. The van der Waals surface area contributed by atoms with E-state index < -0.39 is 0 Å². The van der Waals surface area contributed by atoms with Gasteiger partial charge >= 0.3 is 0 Å². The van der Waals surface area contributed by atoms with E-state index in [0.717, 1.165) is 36.3 Å². The van der Waals surface area contributed by atoms with E-state index in [1.54, 1.807) is 0 Å². The Morgan fingerprint density at radius 2 is 0.970 bits per heavy atom. The average molecular weight is 866 g/mol. The van der Waals surface area contributed by atoms with Gasteiger partial charge in [-0.25, -0.2) is 0 Å². The van der Waals surface area contributed by atoms with Crippen LogP contribution < -0.4 is 9.80 Å². The van der Waals surface area contributed by atoms with Crippen LogP contribution in [-0.2, 0) is 0 Å². The van der Waals surface area contributed by atoms with Gasteiger partial charge in [-0.15, -0.1) is 0 Å². The summed E-state index contributed by atoms with van der Waals surface area (Å²) in [6, 6.07) is 70.0. The van der Waals surface area contributed by atoms with E-state index in [1.807, 2.05) is 0 Å². The van der Waals surface area contributed by atoms with Gasteiger partial charge in [-0.2, -0.15) is 0 Å². The third kappa shape index (κ3) is 8.34. The lowest BCUT2D eigenvalue weighted by molar-refractivity contribution is 0.779. The van der Waals surface area contributed by atoms with Gasteiger partial charge in [-0.3, -0.25) is 0 Å². The average Bonchev–Trinajstić information content (AvgIpc) is 3.70. The van der Waals surface area contributed by atoms with Crippen LogP contribution in [-0.4, -0.2) is 10.6 Å². The summed E-state index contributed by atoms with van der Waals surface area (Å²) >= 11 is 0. The fourth-order valence-corrected chi connectivity index (χ4v) is 10.0. The summed E-state index contributed by atoms with van der Waals surface area (Å²) in [7, 11) is 0. The highest BCUT2D eigenvalue weighted by Crippen LogP contribution is 2.42. The fourth-order valence-electron chi connectivity index (χ4n) is 10.0. The maximum atomic E-state index is 2.53. The first-order valence-corrected chi connectivity index (χ1v) is 23.7. The van der Waals surface area contributed by atoms with Crippen LogP contribution in [0.25, 0.3) is 55.3 Å². The molecule has 1 aromatic heterocycles. The molecule has 0 radical (unpaired) electrons. The number of aromatic nitrogens is 1. The normalized spacial score (nSPS) is 14.7. The van der Waals surface area contributed by atoms with Crippen LogP contribution in [0.4, 0.5) is 28.4 Å². The predicted octanol–water partition coefficient (Wildman–Crippen LogP) is 17.7. The number of aryl methyl sites for hydroxylation is 3. The minimum atomic E-state index is 0.221.